The van der Waals surface area contributed by atoms with E-state index in [1.54, 1.807) is 6.07 Å². The smallest absolute Gasteiger partial charge is 0.130 e. The van der Waals surface area contributed by atoms with Crippen LogP contribution in [-0.2, 0) is 4.79 Å². The molecule has 0 aliphatic rings. The molecule has 0 bridgehead atoms. The predicted octanol–water partition coefficient (Wildman–Crippen LogP) is 2.88. The molecule has 1 rings (SSSR count). The minimum absolute atomic E-state index is 0.280. The zero-order chi connectivity index (χ0) is 8.97. The first kappa shape index (κ1) is 9.74. The van der Waals surface area contributed by atoms with Crippen LogP contribution in [0, 0.1) is 5.82 Å². The second kappa shape index (κ2) is 4.62. The zero-order valence-electron chi connectivity index (χ0n) is 6.09. The maximum absolute atomic E-state index is 12.6. The second-order valence-corrected chi connectivity index (χ2v) is 3.97. The van der Waals surface area contributed by atoms with E-state index in [1.807, 2.05) is 0 Å². The molecule has 0 amide bonds. The number of benzene rings is 1. The van der Waals surface area contributed by atoms with Gasteiger partial charge >= 0.3 is 0 Å². The monoisotopic (exact) mass is 248 g/mol. The Morgan fingerprint density at radius 3 is 2.92 bits per heavy atom. The lowest BCUT2D eigenvalue weighted by Gasteiger charge is -2.00. The van der Waals surface area contributed by atoms with Crippen LogP contribution in [0.1, 0.15) is 0 Å². The van der Waals surface area contributed by atoms with E-state index in [4.69, 9.17) is 0 Å². The van der Waals surface area contributed by atoms with Crippen LogP contribution < -0.4 is 0 Å². The largest absolute Gasteiger partial charge is 0.302 e. The molecule has 0 heterocycles. The summed E-state index contributed by atoms with van der Waals surface area (Å²) in [5.41, 5.74) is 0. The number of carbonyl (C=O) groups is 1. The van der Waals surface area contributed by atoms with E-state index in [2.05, 4.69) is 15.9 Å². The van der Waals surface area contributed by atoms with Gasteiger partial charge in [-0.15, -0.1) is 11.8 Å². The SMILES string of the molecule is O=CCSc1ccc(F)cc1Br. The summed E-state index contributed by atoms with van der Waals surface area (Å²) in [6.45, 7) is 0. The van der Waals surface area contributed by atoms with Crippen LogP contribution in [0.4, 0.5) is 4.39 Å². The van der Waals surface area contributed by atoms with Gasteiger partial charge in [-0.2, -0.15) is 0 Å². The van der Waals surface area contributed by atoms with Crippen molar-refractivity contribution < 1.29 is 9.18 Å². The predicted molar refractivity (Wildman–Crippen MR) is 50.9 cm³/mol. The lowest BCUT2D eigenvalue weighted by Crippen LogP contribution is -1.82. The topological polar surface area (TPSA) is 17.1 Å². The summed E-state index contributed by atoms with van der Waals surface area (Å²) in [5.74, 6) is 0.113. The van der Waals surface area contributed by atoms with Crippen LogP contribution in [0.3, 0.4) is 0 Å². The van der Waals surface area contributed by atoms with E-state index in [-0.39, 0.29) is 5.82 Å². The molecule has 0 fully saturated rings. The van der Waals surface area contributed by atoms with Crippen molar-refractivity contribution in [3.63, 3.8) is 0 Å². The molecule has 0 aliphatic carbocycles. The molecule has 0 saturated heterocycles. The number of hydrogen-bond acceptors (Lipinski definition) is 2. The molecule has 0 atom stereocenters. The Morgan fingerprint density at radius 1 is 1.58 bits per heavy atom. The fourth-order valence-corrected chi connectivity index (χ4v) is 2.02. The zero-order valence-corrected chi connectivity index (χ0v) is 8.49. The van der Waals surface area contributed by atoms with Gasteiger partial charge in [0.25, 0.3) is 0 Å². The van der Waals surface area contributed by atoms with Crippen molar-refractivity contribution in [1.82, 2.24) is 0 Å². The lowest BCUT2D eigenvalue weighted by molar-refractivity contribution is -0.105. The fraction of sp³-hybridized carbons (Fsp3) is 0.125. The summed E-state index contributed by atoms with van der Waals surface area (Å²) in [5, 5.41) is 0. The Kier molecular flexibility index (Phi) is 3.75. The molecule has 1 aromatic rings. The van der Waals surface area contributed by atoms with Crippen molar-refractivity contribution in [3.8, 4) is 0 Å². The second-order valence-electron chi connectivity index (χ2n) is 2.05. The molecular weight excluding hydrogens is 243 g/mol. The first-order valence-corrected chi connectivity index (χ1v) is 5.03. The standard InChI is InChI=1S/C8H6BrFOS/c9-7-5-6(10)1-2-8(7)12-4-3-11/h1-3,5H,4H2. The average Bonchev–Trinajstić information content (AvgIpc) is 2.03. The Balaban J connectivity index is 2.78. The average molecular weight is 249 g/mol. The van der Waals surface area contributed by atoms with Gasteiger partial charge in [0.15, 0.2) is 0 Å². The Hall–Kier alpha value is -0.350. The first-order valence-electron chi connectivity index (χ1n) is 3.25. The lowest BCUT2D eigenvalue weighted by atomic mass is 10.3. The van der Waals surface area contributed by atoms with Gasteiger partial charge in [-0.3, -0.25) is 0 Å². The highest BCUT2D eigenvalue weighted by molar-refractivity contribution is 9.10. The van der Waals surface area contributed by atoms with Crippen molar-refractivity contribution >= 4 is 34.0 Å². The molecule has 0 aliphatic heterocycles. The minimum Gasteiger partial charge on any atom is -0.302 e. The van der Waals surface area contributed by atoms with Gasteiger partial charge in [0.2, 0.25) is 0 Å². The molecule has 0 unspecified atom stereocenters. The number of aldehydes is 1. The summed E-state index contributed by atoms with van der Waals surface area (Å²) < 4.78 is 13.3. The van der Waals surface area contributed by atoms with E-state index in [0.717, 1.165) is 11.2 Å². The molecule has 64 valence electrons. The summed E-state index contributed by atoms with van der Waals surface area (Å²) in [4.78, 5) is 10.9. The quantitative estimate of drug-likeness (QED) is 0.605. The van der Waals surface area contributed by atoms with E-state index in [1.165, 1.54) is 23.9 Å². The van der Waals surface area contributed by atoms with Crippen LogP contribution in [0.2, 0.25) is 0 Å². The van der Waals surface area contributed by atoms with Crippen molar-refractivity contribution in [2.45, 2.75) is 4.90 Å². The third-order valence-electron chi connectivity index (χ3n) is 1.20. The summed E-state index contributed by atoms with van der Waals surface area (Å²) in [7, 11) is 0. The van der Waals surface area contributed by atoms with E-state index >= 15 is 0 Å². The molecule has 1 nitrogen and oxygen atoms in total. The van der Waals surface area contributed by atoms with Crippen molar-refractivity contribution in [2.75, 3.05) is 5.75 Å². The molecule has 0 saturated carbocycles. The number of carbonyl (C=O) groups excluding carboxylic acids is 1. The van der Waals surface area contributed by atoms with Crippen molar-refractivity contribution in [2.24, 2.45) is 0 Å². The molecule has 0 spiro atoms. The maximum Gasteiger partial charge on any atom is 0.130 e. The summed E-state index contributed by atoms with van der Waals surface area (Å²) >= 11 is 4.57. The van der Waals surface area contributed by atoms with Gasteiger partial charge in [-0.1, -0.05) is 0 Å². The van der Waals surface area contributed by atoms with Gasteiger partial charge < -0.3 is 4.79 Å². The van der Waals surface area contributed by atoms with Gasteiger partial charge in [0.1, 0.15) is 12.1 Å². The Labute approximate surface area is 82.5 Å². The van der Waals surface area contributed by atoms with Crippen LogP contribution in [0.5, 0.6) is 0 Å². The highest BCUT2D eigenvalue weighted by Crippen LogP contribution is 2.27. The van der Waals surface area contributed by atoms with Gasteiger partial charge in [-0.25, -0.2) is 4.39 Å². The normalized spacial score (nSPS) is 9.83. The number of hydrogen-bond donors (Lipinski definition) is 0. The molecule has 0 N–H and O–H groups in total. The third-order valence-corrected chi connectivity index (χ3v) is 3.09. The maximum atomic E-state index is 12.6. The van der Waals surface area contributed by atoms with Gasteiger partial charge in [0, 0.05) is 9.37 Å². The fourth-order valence-electron chi connectivity index (χ4n) is 0.716. The highest BCUT2D eigenvalue weighted by atomic mass is 79.9. The van der Waals surface area contributed by atoms with Crippen LogP contribution in [-0.4, -0.2) is 12.0 Å². The molecule has 1 aromatic carbocycles. The van der Waals surface area contributed by atoms with Crippen molar-refractivity contribution in [1.29, 1.82) is 0 Å². The number of thioether (sulfide) groups is 1. The number of rotatable bonds is 3. The minimum atomic E-state index is -0.280. The van der Waals surface area contributed by atoms with E-state index in [9.17, 15) is 9.18 Å². The first-order chi connectivity index (χ1) is 5.74. The molecule has 4 heteroatoms. The van der Waals surface area contributed by atoms with E-state index in [0.29, 0.717) is 10.2 Å². The summed E-state index contributed by atoms with van der Waals surface area (Å²) in [6.07, 6.45) is 0.820. The molecule has 0 aromatic heterocycles. The molecule has 12 heavy (non-hydrogen) atoms. The van der Waals surface area contributed by atoms with Crippen molar-refractivity contribution in [3.05, 3.63) is 28.5 Å². The molecular formula is C8H6BrFOS. The van der Waals surface area contributed by atoms with Gasteiger partial charge in [-0.05, 0) is 34.1 Å². The van der Waals surface area contributed by atoms with E-state index < -0.39 is 0 Å². The molecule has 0 radical (unpaired) electrons. The van der Waals surface area contributed by atoms with Crippen LogP contribution >= 0.6 is 27.7 Å². The summed E-state index contributed by atoms with van der Waals surface area (Å²) in [6, 6.07) is 4.40. The Bertz CT molecular complexity index is 290. The van der Waals surface area contributed by atoms with Crippen LogP contribution in [0.15, 0.2) is 27.6 Å². The van der Waals surface area contributed by atoms with Gasteiger partial charge in [0.05, 0.1) is 5.75 Å². The highest BCUT2D eigenvalue weighted by Gasteiger charge is 2.00. The third kappa shape index (κ3) is 2.60. The Morgan fingerprint density at radius 2 is 2.33 bits per heavy atom. The number of halogens is 2. The van der Waals surface area contributed by atoms with Crippen LogP contribution in [0.25, 0.3) is 0 Å².